The number of allylic oxidation sites excluding steroid dienone is 3. The first-order valence-corrected chi connectivity index (χ1v) is 8.09. The van der Waals surface area contributed by atoms with Crippen LogP contribution in [-0.2, 0) is 4.74 Å². The van der Waals surface area contributed by atoms with Crippen molar-refractivity contribution in [3.63, 3.8) is 0 Å². The second-order valence-corrected chi connectivity index (χ2v) is 7.02. The Hall–Kier alpha value is -1.83. The fourth-order valence-corrected chi connectivity index (χ4v) is 4.14. The quantitative estimate of drug-likeness (QED) is 0.744. The number of rotatable bonds is 3. The van der Waals surface area contributed by atoms with Crippen LogP contribution in [-0.4, -0.2) is 13.1 Å². The van der Waals surface area contributed by atoms with E-state index in [0.717, 1.165) is 17.4 Å². The van der Waals surface area contributed by atoms with Crippen molar-refractivity contribution < 1.29 is 9.53 Å². The monoisotopic (exact) mass is 296 g/mol. The molecular weight excluding hydrogens is 272 g/mol. The average Bonchev–Trinajstić information content (AvgIpc) is 3.08. The molecule has 1 aromatic carbocycles. The summed E-state index contributed by atoms with van der Waals surface area (Å²) in [4.78, 5) is 11.4. The van der Waals surface area contributed by atoms with E-state index in [4.69, 9.17) is 4.74 Å². The van der Waals surface area contributed by atoms with Gasteiger partial charge in [0.25, 0.3) is 0 Å². The minimum Gasteiger partial charge on any atom is -0.465 e. The Morgan fingerprint density at radius 2 is 1.95 bits per heavy atom. The van der Waals surface area contributed by atoms with Gasteiger partial charge in [-0.2, -0.15) is 0 Å². The van der Waals surface area contributed by atoms with E-state index in [1.807, 2.05) is 12.1 Å². The smallest absolute Gasteiger partial charge is 0.337 e. The number of benzene rings is 1. The van der Waals surface area contributed by atoms with Crippen molar-refractivity contribution in [1.29, 1.82) is 0 Å². The maximum Gasteiger partial charge on any atom is 0.337 e. The van der Waals surface area contributed by atoms with Crippen molar-refractivity contribution >= 4 is 12.0 Å². The van der Waals surface area contributed by atoms with E-state index in [1.54, 1.807) is 17.7 Å². The van der Waals surface area contributed by atoms with E-state index >= 15 is 0 Å². The van der Waals surface area contributed by atoms with Crippen LogP contribution in [0.1, 0.15) is 49.0 Å². The van der Waals surface area contributed by atoms with E-state index in [-0.39, 0.29) is 5.97 Å². The zero-order valence-electron chi connectivity index (χ0n) is 13.6. The molecule has 2 nitrogen and oxygen atoms in total. The van der Waals surface area contributed by atoms with E-state index in [1.165, 1.54) is 26.4 Å². The molecule has 2 unspecified atom stereocenters. The molecule has 0 N–H and O–H groups in total. The summed E-state index contributed by atoms with van der Waals surface area (Å²) in [6.45, 7) is 4.78. The van der Waals surface area contributed by atoms with E-state index in [2.05, 4.69) is 32.1 Å². The third-order valence-corrected chi connectivity index (χ3v) is 5.53. The topological polar surface area (TPSA) is 26.3 Å². The van der Waals surface area contributed by atoms with Gasteiger partial charge in [-0.3, -0.25) is 0 Å². The Labute approximate surface area is 132 Å². The summed E-state index contributed by atoms with van der Waals surface area (Å²) in [5.74, 6) is 1.38. The lowest BCUT2D eigenvalue weighted by atomic mass is 9.72. The zero-order chi connectivity index (χ0) is 15.7. The summed E-state index contributed by atoms with van der Waals surface area (Å²) in [6.07, 6.45) is 10.7. The summed E-state index contributed by atoms with van der Waals surface area (Å²) in [6, 6.07) is 7.51. The summed E-state index contributed by atoms with van der Waals surface area (Å²) >= 11 is 0. The van der Waals surface area contributed by atoms with Gasteiger partial charge in [0.05, 0.1) is 12.7 Å². The minimum atomic E-state index is -0.290. The molecule has 2 heteroatoms. The molecule has 1 aromatic rings. The summed E-state index contributed by atoms with van der Waals surface area (Å²) < 4.78 is 4.71. The maximum absolute atomic E-state index is 11.4. The van der Waals surface area contributed by atoms with Crippen LogP contribution in [0.2, 0.25) is 0 Å². The van der Waals surface area contributed by atoms with Crippen LogP contribution in [0.15, 0.2) is 42.0 Å². The largest absolute Gasteiger partial charge is 0.465 e. The van der Waals surface area contributed by atoms with Gasteiger partial charge in [-0.1, -0.05) is 49.8 Å². The first kappa shape index (κ1) is 15.1. The van der Waals surface area contributed by atoms with E-state index in [9.17, 15) is 4.79 Å². The third-order valence-electron chi connectivity index (χ3n) is 5.53. The number of methoxy groups -OCH3 is 1. The van der Waals surface area contributed by atoms with Gasteiger partial charge in [0.1, 0.15) is 0 Å². The predicted octanol–water partition coefficient (Wildman–Crippen LogP) is 4.87. The second kappa shape index (κ2) is 5.75. The standard InChI is InChI=1S/C20H24O2/c1-20(2)17-12-11-16(13-17)18(20)6-4-5-14-7-9-15(10-8-14)19(21)22-3/h4-10,16-17H,11-13H2,1-3H3. The van der Waals surface area contributed by atoms with Gasteiger partial charge in [-0.15, -0.1) is 0 Å². The predicted molar refractivity (Wildman–Crippen MR) is 89.5 cm³/mol. The maximum atomic E-state index is 11.4. The minimum absolute atomic E-state index is 0.290. The molecule has 22 heavy (non-hydrogen) atoms. The average molecular weight is 296 g/mol. The van der Waals surface area contributed by atoms with E-state index < -0.39 is 0 Å². The van der Waals surface area contributed by atoms with Gasteiger partial charge in [0.2, 0.25) is 0 Å². The second-order valence-electron chi connectivity index (χ2n) is 7.02. The Morgan fingerprint density at radius 1 is 1.23 bits per heavy atom. The molecule has 2 aliphatic rings. The van der Waals surface area contributed by atoms with Crippen LogP contribution in [0.5, 0.6) is 0 Å². The van der Waals surface area contributed by atoms with Gasteiger partial charge >= 0.3 is 5.97 Å². The summed E-state index contributed by atoms with van der Waals surface area (Å²) in [7, 11) is 1.40. The first-order chi connectivity index (χ1) is 10.5. The molecule has 0 saturated heterocycles. The van der Waals surface area contributed by atoms with Crippen LogP contribution in [0, 0.1) is 17.3 Å². The molecular formula is C20H24O2. The van der Waals surface area contributed by atoms with Gasteiger partial charge < -0.3 is 4.74 Å². The molecule has 0 amide bonds. The Kier molecular flexibility index (Phi) is 3.94. The van der Waals surface area contributed by atoms with Gasteiger partial charge in [-0.05, 0) is 54.2 Å². The zero-order valence-corrected chi connectivity index (χ0v) is 13.6. The molecule has 2 fully saturated rings. The van der Waals surface area contributed by atoms with Crippen LogP contribution < -0.4 is 0 Å². The number of esters is 1. The van der Waals surface area contributed by atoms with E-state index in [0.29, 0.717) is 11.0 Å². The number of ether oxygens (including phenoxy) is 1. The van der Waals surface area contributed by atoms with Gasteiger partial charge in [0.15, 0.2) is 0 Å². The van der Waals surface area contributed by atoms with Gasteiger partial charge in [-0.25, -0.2) is 4.79 Å². The van der Waals surface area contributed by atoms with Crippen LogP contribution in [0.25, 0.3) is 6.08 Å². The highest BCUT2D eigenvalue weighted by Gasteiger charge is 2.48. The molecule has 116 valence electrons. The number of carbonyl (C=O) groups excluding carboxylic acids is 1. The molecule has 2 saturated carbocycles. The number of fused-ring (bicyclic) bond motifs is 2. The van der Waals surface area contributed by atoms with Crippen LogP contribution >= 0.6 is 0 Å². The molecule has 0 heterocycles. The molecule has 2 bridgehead atoms. The Bertz CT molecular complexity index is 620. The summed E-state index contributed by atoms with van der Waals surface area (Å²) in [5, 5.41) is 0. The SMILES string of the molecule is COC(=O)c1ccc(C=CC=C2C3CCC(C3)C2(C)C)cc1. The number of carbonyl (C=O) groups is 1. The number of hydrogen-bond acceptors (Lipinski definition) is 2. The Morgan fingerprint density at radius 3 is 2.55 bits per heavy atom. The third kappa shape index (κ3) is 2.63. The lowest BCUT2D eigenvalue weighted by Crippen LogP contribution is -2.22. The number of hydrogen-bond donors (Lipinski definition) is 0. The Balaban J connectivity index is 1.72. The molecule has 0 aromatic heterocycles. The molecule has 3 rings (SSSR count). The normalized spacial score (nSPS) is 27.7. The molecule has 2 aliphatic carbocycles. The van der Waals surface area contributed by atoms with Crippen LogP contribution in [0.3, 0.4) is 0 Å². The van der Waals surface area contributed by atoms with Crippen molar-refractivity contribution in [3.8, 4) is 0 Å². The van der Waals surface area contributed by atoms with Crippen molar-refractivity contribution in [2.75, 3.05) is 7.11 Å². The van der Waals surface area contributed by atoms with Crippen molar-refractivity contribution in [1.82, 2.24) is 0 Å². The molecule has 0 radical (unpaired) electrons. The molecule has 0 aliphatic heterocycles. The molecule has 2 atom stereocenters. The van der Waals surface area contributed by atoms with Crippen LogP contribution in [0.4, 0.5) is 0 Å². The molecule has 0 spiro atoms. The fourth-order valence-electron chi connectivity index (χ4n) is 4.14. The first-order valence-electron chi connectivity index (χ1n) is 8.09. The highest BCUT2D eigenvalue weighted by atomic mass is 16.5. The van der Waals surface area contributed by atoms with Gasteiger partial charge in [0, 0.05) is 0 Å². The highest BCUT2D eigenvalue weighted by Crippen LogP contribution is 2.58. The lowest BCUT2D eigenvalue weighted by Gasteiger charge is -2.32. The lowest BCUT2D eigenvalue weighted by molar-refractivity contribution is 0.0600. The van der Waals surface area contributed by atoms with Crippen molar-refractivity contribution in [2.24, 2.45) is 17.3 Å². The fraction of sp³-hybridized carbons (Fsp3) is 0.450. The summed E-state index contributed by atoms with van der Waals surface area (Å²) in [5.41, 5.74) is 3.67. The highest BCUT2D eigenvalue weighted by molar-refractivity contribution is 5.89. The van der Waals surface area contributed by atoms with Crippen molar-refractivity contribution in [2.45, 2.75) is 33.1 Å². The van der Waals surface area contributed by atoms with Crippen molar-refractivity contribution in [3.05, 3.63) is 53.1 Å².